The van der Waals surface area contributed by atoms with Crippen molar-refractivity contribution in [2.24, 2.45) is 0 Å². The summed E-state index contributed by atoms with van der Waals surface area (Å²) in [5, 5.41) is 18.3. The van der Waals surface area contributed by atoms with Crippen LogP contribution in [0.1, 0.15) is 181 Å². The van der Waals surface area contributed by atoms with Crippen LogP contribution in [0.5, 0.6) is 0 Å². The summed E-state index contributed by atoms with van der Waals surface area (Å²) in [6.07, 6.45) is 34.3. The first kappa shape index (κ1) is 49.5. The highest BCUT2D eigenvalue weighted by Crippen LogP contribution is 2.43. The highest BCUT2D eigenvalue weighted by molar-refractivity contribution is 7.47. The number of ether oxygens (including phenoxy) is 2. The number of esters is 2. The molecule has 0 heterocycles. The summed E-state index contributed by atoms with van der Waals surface area (Å²) in [5.74, 6) is -0.938. The van der Waals surface area contributed by atoms with Gasteiger partial charge in [0.2, 0.25) is 0 Å². The highest BCUT2D eigenvalue weighted by atomic mass is 31.2. The molecule has 0 fully saturated rings. The predicted octanol–water partition coefficient (Wildman–Crippen LogP) is 10.2. The van der Waals surface area contributed by atoms with Gasteiger partial charge in [0.05, 0.1) is 19.8 Å². The van der Waals surface area contributed by atoms with Gasteiger partial charge in [-0.1, -0.05) is 128 Å². The van der Waals surface area contributed by atoms with E-state index in [0.29, 0.717) is 12.8 Å². The lowest BCUT2D eigenvalue weighted by Crippen LogP contribution is -2.29. The Bertz CT molecular complexity index is 910. The molecule has 10 nitrogen and oxygen atoms in total. The summed E-state index contributed by atoms with van der Waals surface area (Å²) in [6.45, 7) is 2.33. The molecule has 0 aromatic heterocycles. The summed E-state index contributed by atoms with van der Waals surface area (Å²) >= 11 is 0. The number of allylic oxidation sites excluding steroid dienone is 4. The fourth-order valence-corrected chi connectivity index (χ4v) is 6.18. The number of carbonyl (C=O) groups excluding carboxylic acids is 2. The first-order valence-corrected chi connectivity index (χ1v) is 21.8. The van der Waals surface area contributed by atoms with Crippen molar-refractivity contribution in [3.8, 4) is 0 Å². The largest absolute Gasteiger partial charge is 0.472 e. The van der Waals surface area contributed by atoms with E-state index in [0.717, 1.165) is 64.2 Å². The molecule has 0 saturated heterocycles. The Kier molecular flexibility index (Phi) is 35.7. The van der Waals surface area contributed by atoms with Gasteiger partial charge in [0.25, 0.3) is 0 Å². The van der Waals surface area contributed by atoms with E-state index in [-0.39, 0.29) is 19.4 Å². The van der Waals surface area contributed by atoms with E-state index in [9.17, 15) is 24.2 Å². The third-order valence-electron chi connectivity index (χ3n) is 8.58. The first-order valence-electron chi connectivity index (χ1n) is 20.3. The third kappa shape index (κ3) is 36.6. The van der Waals surface area contributed by atoms with Crippen LogP contribution in [0.25, 0.3) is 0 Å². The van der Waals surface area contributed by atoms with E-state index < -0.39 is 51.8 Å². The second kappa shape index (κ2) is 36.8. The van der Waals surface area contributed by atoms with Crippen LogP contribution in [-0.4, -0.2) is 65.7 Å². The summed E-state index contributed by atoms with van der Waals surface area (Å²) in [5.41, 5.74) is 0. The van der Waals surface area contributed by atoms with E-state index in [2.05, 4.69) is 42.7 Å². The zero-order chi connectivity index (χ0) is 37.7. The smallest absolute Gasteiger partial charge is 0.462 e. The lowest BCUT2D eigenvalue weighted by Gasteiger charge is -2.20. The Morgan fingerprint density at radius 1 is 0.569 bits per heavy atom. The van der Waals surface area contributed by atoms with Crippen molar-refractivity contribution in [1.29, 1.82) is 0 Å². The monoisotopic (exact) mass is 747 g/mol. The molecule has 0 aromatic carbocycles. The molecular weight excluding hydrogens is 671 g/mol. The number of unbranched alkanes of at least 4 members (excludes halogenated alkanes) is 20. The van der Waals surface area contributed by atoms with Crippen molar-refractivity contribution in [2.75, 3.05) is 26.4 Å². The molecule has 0 aromatic rings. The van der Waals surface area contributed by atoms with Crippen molar-refractivity contribution in [3.63, 3.8) is 0 Å². The maximum atomic E-state index is 12.6. The number of phosphoric ester groups is 1. The second-order valence-corrected chi connectivity index (χ2v) is 15.1. The molecule has 0 aliphatic heterocycles. The lowest BCUT2D eigenvalue weighted by molar-refractivity contribution is -0.161. The van der Waals surface area contributed by atoms with Gasteiger partial charge in [-0.05, 0) is 64.2 Å². The highest BCUT2D eigenvalue weighted by Gasteiger charge is 2.27. The topological polar surface area (TPSA) is 149 Å². The fraction of sp³-hybridized carbons (Fsp3) is 0.850. The number of hydrogen-bond acceptors (Lipinski definition) is 9. The number of hydrogen-bond donors (Lipinski definition) is 3. The zero-order valence-electron chi connectivity index (χ0n) is 32.3. The molecule has 11 heteroatoms. The Morgan fingerprint density at radius 2 is 0.961 bits per heavy atom. The quantitative estimate of drug-likeness (QED) is 0.0241. The van der Waals surface area contributed by atoms with Crippen molar-refractivity contribution < 1.29 is 47.8 Å². The van der Waals surface area contributed by atoms with Crippen LogP contribution in [-0.2, 0) is 32.7 Å². The van der Waals surface area contributed by atoms with E-state index in [1.54, 1.807) is 0 Å². The number of rotatable bonds is 38. The Morgan fingerprint density at radius 3 is 1.41 bits per heavy atom. The van der Waals surface area contributed by atoms with Gasteiger partial charge in [0.1, 0.15) is 12.7 Å². The maximum absolute atomic E-state index is 12.6. The number of phosphoric acid groups is 1. The van der Waals surface area contributed by atoms with Crippen molar-refractivity contribution in [1.82, 2.24) is 0 Å². The van der Waals surface area contributed by atoms with Crippen LogP contribution >= 0.6 is 7.82 Å². The molecule has 0 spiro atoms. The molecule has 3 atom stereocenters. The van der Waals surface area contributed by atoms with Gasteiger partial charge in [0, 0.05) is 12.8 Å². The standard InChI is InChI=1S/C40H75O10P/c1-3-5-7-9-11-13-15-17-18-20-22-24-26-28-30-32-40(44)50-38(36-49-51(45,46)48-34-37(42)33-41)35-47-39(43)31-29-27-25-23-21-19-16-14-12-10-8-6-4-2/h13-16,37-38,41-42H,3-12,17-36H2,1-2H3,(H,45,46)/t37-,38+/m0/s1. The first-order chi connectivity index (χ1) is 24.7. The Hall–Kier alpha value is -1.55. The molecule has 300 valence electrons. The second-order valence-electron chi connectivity index (χ2n) is 13.7. The molecule has 0 amide bonds. The van der Waals surface area contributed by atoms with E-state index >= 15 is 0 Å². The van der Waals surface area contributed by atoms with E-state index in [1.165, 1.54) is 77.0 Å². The molecule has 0 rings (SSSR count). The van der Waals surface area contributed by atoms with Gasteiger partial charge in [-0.15, -0.1) is 0 Å². The van der Waals surface area contributed by atoms with Crippen LogP contribution in [0.15, 0.2) is 24.3 Å². The molecule has 51 heavy (non-hydrogen) atoms. The van der Waals surface area contributed by atoms with Crippen LogP contribution in [0, 0.1) is 0 Å². The summed E-state index contributed by atoms with van der Waals surface area (Å²) < 4.78 is 32.6. The van der Waals surface area contributed by atoms with E-state index in [4.69, 9.17) is 19.1 Å². The van der Waals surface area contributed by atoms with Crippen molar-refractivity contribution >= 4 is 19.8 Å². The van der Waals surface area contributed by atoms with Gasteiger partial charge >= 0.3 is 19.8 Å². The minimum absolute atomic E-state index is 0.179. The molecule has 0 aliphatic carbocycles. The zero-order valence-corrected chi connectivity index (χ0v) is 33.2. The lowest BCUT2D eigenvalue weighted by atomic mass is 10.1. The normalized spacial score (nSPS) is 14.2. The maximum Gasteiger partial charge on any atom is 0.472 e. The third-order valence-corrected chi connectivity index (χ3v) is 9.53. The average Bonchev–Trinajstić information content (AvgIpc) is 3.12. The van der Waals surface area contributed by atoms with E-state index in [1.807, 2.05) is 0 Å². The minimum atomic E-state index is -4.61. The molecule has 0 radical (unpaired) electrons. The predicted molar refractivity (Wildman–Crippen MR) is 205 cm³/mol. The Labute approximate surface area is 310 Å². The van der Waals surface area contributed by atoms with Crippen LogP contribution in [0.3, 0.4) is 0 Å². The molecule has 3 N–H and O–H groups in total. The molecule has 0 aliphatic rings. The Balaban J connectivity index is 4.35. The summed E-state index contributed by atoms with van der Waals surface area (Å²) in [6, 6.07) is 0. The van der Waals surface area contributed by atoms with Gasteiger partial charge in [0.15, 0.2) is 6.10 Å². The minimum Gasteiger partial charge on any atom is -0.462 e. The molecule has 0 saturated carbocycles. The fourth-order valence-electron chi connectivity index (χ4n) is 5.39. The summed E-state index contributed by atoms with van der Waals surface area (Å²) in [4.78, 5) is 34.9. The summed E-state index contributed by atoms with van der Waals surface area (Å²) in [7, 11) is -4.61. The molecule has 0 bridgehead atoms. The van der Waals surface area contributed by atoms with Gasteiger partial charge in [-0.3, -0.25) is 18.6 Å². The van der Waals surface area contributed by atoms with Gasteiger partial charge in [-0.25, -0.2) is 4.57 Å². The van der Waals surface area contributed by atoms with Crippen molar-refractivity contribution in [2.45, 2.75) is 193 Å². The van der Waals surface area contributed by atoms with Gasteiger partial charge < -0.3 is 24.6 Å². The van der Waals surface area contributed by atoms with Crippen LogP contribution < -0.4 is 0 Å². The number of aliphatic hydroxyl groups excluding tert-OH is 2. The molecule has 1 unspecified atom stereocenters. The average molecular weight is 747 g/mol. The number of carbonyl (C=O) groups is 2. The molecular formula is C40H75O10P. The van der Waals surface area contributed by atoms with Crippen LogP contribution in [0.4, 0.5) is 0 Å². The van der Waals surface area contributed by atoms with Gasteiger partial charge in [-0.2, -0.15) is 0 Å². The van der Waals surface area contributed by atoms with Crippen LogP contribution in [0.2, 0.25) is 0 Å². The number of aliphatic hydroxyl groups is 2. The van der Waals surface area contributed by atoms with Crippen molar-refractivity contribution in [3.05, 3.63) is 24.3 Å². The SMILES string of the molecule is CCCCCCC=CCCCCCCCCCC(=O)O[C@H](COC(=O)CCCCCCCC=CCCCCCC)COP(=O)(O)OC[C@@H](O)CO.